The lowest BCUT2D eigenvalue weighted by atomic mass is 10.1. The minimum atomic E-state index is -0.212. The number of Topliss-reactive ketones (excluding diaryl/α,β-unsaturated/α-hetero) is 1. The van der Waals surface area contributed by atoms with Crippen molar-refractivity contribution in [3.05, 3.63) is 87.1 Å². The van der Waals surface area contributed by atoms with Crippen molar-refractivity contribution < 1.29 is 19.0 Å². The van der Waals surface area contributed by atoms with Crippen molar-refractivity contribution in [2.24, 2.45) is 7.05 Å². The second kappa shape index (κ2) is 9.81. The van der Waals surface area contributed by atoms with Crippen molar-refractivity contribution in [2.45, 2.75) is 27.7 Å². The molecule has 0 aliphatic heterocycles. The number of rotatable bonds is 8. The average Bonchev–Trinajstić information content (AvgIpc) is 3.28. The maximum Gasteiger partial charge on any atom is 0.295 e. The predicted octanol–water partition coefficient (Wildman–Crippen LogP) is 4.48. The first kappa shape index (κ1) is 24.9. The number of ether oxygens (including phenoxy) is 3. The number of ketones is 1. The van der Waals surface area contributed by atoms with Gasteiger partial charge in [-0.05, 0) is 63.6 Å². The Labute approximate surface area is 210 Å². The molecule has 8 nitrogen and oxygen atoms in total. The topological polar surface area (TPSA) is 76.6 Å². The number of aromatic nitrogens is 3. The van der Waals surface area contributed by atoms with Gasteiger partial charge in [-0.15, -0.1) is 0 Å². The largest absolute Gasteiger partial charge is 0.493 e. The van der Waals surface area contributed by atoms with Crippen molar-refractivity contribution in [2.75, 3.05) is 20.8 Å². The minimum Gasteiger partial charge on any atom is -0.493 e. The molecule has 0 bridgehead atoms. The summed E-state index contributed by atoms with van der Waals surface area (Å²) in [5.74, 6) is 1.14. The molecule has 0 spiro atoms. The van der Waals surface area contributed by atoms with E-state index in [9.17, 15) is 9.59 Å². The summed E-state index contributed by atoms with van der Waals surface area (Å²) >= 11 is 0. The lowest BCUT2D eigenvalue weighted by Crippen LogP contribution is -2.22. The van der Waals surface area contributed by atoms with E-state index >= 15 is 0 Å². The van der Waals surface area contributed by atoms with E-state index in [1.54, 1.807) is 25.0 Å². The van der Waals surface area contributed by atoms with Crippen molar-refractivity contribution in [1.29, 1.82) is 0 Å². The fourth-order valence-electron chi connectivity index (χ4n) is 4.57. The third-order valence-electron chi connectivity index (χ3n) is 6.43. The van der Waals surface area contributed by atoms with Gasteiger partial charge in [-0.25, -0.2) is 4.68 Å². The first-order valence-corrected chi connectivity index (χ1v) is 11.6. The molecule has 4 rings (SSSR count). The van der Waals surface area contributed by atoms with Gasteiger partial charge in [0.2, 0.25) is 11.5 Å². The molecule has 0 fully saturated rings. The maximum atomic E-state index is 13.6. The van der Waals surface area contributed by atoms with Gasteiger partial charge in [-0.2, -0.15) is 0 Å². The summed E-state index contributed by atoms with van der Waals surface area (Å²) in [5.41, 5.74) is 4.81. The normalized spacial score (nSPS) is 11.0. The molecule has 36 heavy (non-hydrogen) atoms. The number of carbonyl (C=O) groups is 1. The van der Waals surface area contributed by atoms with Gasteiger partial charge >= 0.3 is 0 Å². The van der Waals surface area contributed by atoms with Gasteiger partial charge in [-0.3, -0.25) is 14.3 Å². The molecule has 2 aromatic heterocycles. The average molecular weight is 490 g/mol. The van der Waals surface area contributed by atoms with Gasteiger partial charge in [0.1, 0.15) is 5.69 Å². The van der Waals surface area contributed by atoms with Crippen LogP contribution < -0.4 is 19.8 Å². The number of aryl methyl sites for hydroxylation is 2. The highest BCUT2D eigenvalue weighted by Crippen LogP contribution is 2.38. The fourth-order valence-corrected chi connectivity index (χ4v) is 4.57. The summed E-state index contributed by atoms with van der Waals surface area (Å²) in [4.78, 5) is 26.8. The Hall–Kier alpha value is -4.20. The molecule has 0 amide bonds. The van der Waals surface area contributed by atoms with E-state index in [4.69, 9.17) is 14.2 Å². The Kier molecular flexibility index (Phi) is 6.79. The number of hydrogen-bond donors (Lipinski definition) is 0. The van der Waals surface area contributed by atoms with E-state index in [1.165, 1.54) is 0 Å². The van der Waals surface area contributed by atoms with Crippen molar-refractivity contribution in [1.82, 2.24) is 13.9 Å². The highest BCUT2D eigenvalue weighted by atomic mass is 16.5. The third-order valence-corrected chi connectivity index (χ3v) is 6.43. The van der Waals surface area contributed by atoms with Gasteiger partial charge < -0.3 is 18.8 Å². The highest BCUT2D eigenvalue weighted by molar-refractivity contribution is 5.99. The van der Waals surface area contributed by atoms with Crippen LogP contribution in [0.1, 0.15) is 33.0 Å². The zero-order valence-electron chi connectivity index (χ0n) is 21.7. The standard InChI is InChI=1S/C28H31N3O5/c1-17-13-24(34-6)27(25(14-17)35-7)36-16-23(32)22-15-18(2)30(19(22)3)26-20(4)29(5)31(28(26)33)21-11-9-8-10-12-21/h8-15H,16H2,1-7H3. The predicted molar refractivity (Wildman–Crippen MR) is 139 cm³/mol. The first-order valence-electron chi connectivity index (χ1n) is 11.6. The molecule has 8 heteroatoms. The van der Waals surface area contributed by atoms with Crippen LogP contribution in [0.25, 0.3) is 11.4 Å². The summed E-state index contributed by atoms with van der Waals surface area (Å²) in [6, 6.07) is 14.9. The molecule has 2 aromatic carbocycles. The fraction of sp³-hybridized carbons (Fsp3) is 0.286. The molecule has 0 radical (unpaired) electrons. The molecule has 0 aliphatic rings. The van der Waals surface area contributed by atoms with Gasteiger partial charge in [0, 0.05) is 24.0 Å². The van der Waals surface area contributed by atoms with Gasteiger partial charge in [0.15, 0.2) is 18.1 Å². The second-order valence-corrected chi connectivity index (χ2v) is 8.74. The van der Waals surface area contributed by atoms with Crippen LogP contribution in [0.5, 0.6) is 17.2 Å². The summed E-state index contributed by atoms with van der Waals surface area (Å²) in [6.45, 7) is 7.34. The summed E-state index contributed by atoms with van der Waals surface area (Å²) in [6.07, 6.45) is 0. The molecular weight excluding hydrogens is 458 g/mol. The van der Waals surface area contributed by atoms with Crippen LogP contribution in [0.4, 0.5) is 0 Å². The Bertz CT molecular complexity index is 1470. The minimum absolute atomic E-state index is 0.160. The zero-order chi connectivity index (χ0) is 26.1. The zero-order valence-corrected chi connectivity index (χ0v) is 21.7. The molecule has 4 aromatic rings. The van der Waals surface area contributed by atoms with Crippen LogP contribution in [0.15, 0.2) is 53.3 Å². The molecule has 188 valence electrons. The monoisotopic (exact) mass is 489 g/mol. The quantitative estimate of drug-likeness (QED) is 0.341. The number of methoxy groups -OCH3 is 2. The molecule has 0 saturated heterocycles. The molecule has 2 heterocycles. The number of hydrogen-bond acceptors (Lipinski definition) is 5. The van der Waals surface area contributed by atoms with Crippen LogP contribution in [0.3, 0.4) is 0 Å². The van der Waals surface area contributed by atoms with Crippen LogP contribution >= 0.6 is 0 Å². The lowest BCUT2D eigenvalue weighted by molar-refractivity contribution is 0.0916. The lowest BCUT2D eigenvalue weighted by Gasteiger charge is -2.15. The Morgan fingerprint density at radius 2 is 1.50 bits per heavy atom. The number of carbonyl (C=O) groups excluding carboxylic acids is 1. The SMILES string of the molecule is COc1cc(C)cc(OC)c1OCC(=O)c1cc(C)n(-c2c(C)n(C)n(-c3ccccc3)c2=O)c1C. The molecule has 0 saturated carbocycles. The van der Waals surface area contributed by atoms with E-state index in [1.807, 2.05) is 86.5 Å². The highest BCUT2D eigenvalue weighted by Gasteiger charge is 2.24. The van der Waals surface area contributed by atoms with Crippen LogP contribution in [-0.4, -0.2) is 40.5 Å². The molecule has 0 N–H and O–H groups in total. The molecule has 0 unspecified atom stereocenters. The summed E-state index contributed by atoms with van der Waals surface area (Å²) in [7, 11) is 4.94. The summed E-state index contributed by atoms with van der Waals surface area (Å²) < 4.78 is 22.0. The summed E-state index contributed by atoms with van der Waals surface area (Å²) in [5, 5.41) is 0. The number of benzene rings is 2. The van der Waals surface area contributed by atoms with E-state index in [0.29, 0.717) is 34.2 Å². The van der Waals surface area contributed by atoms with Crippen molar-refractivity contribution in [3.8, 4) is 28.6 Å². The van der Waals surface area contributed by atoms with Gasteiger partial charge in [0.25, 0.3) is 5.56 Å². The van der Waals surface area contributed by atoms with E-state index < -0.39 is 0 Å². The molecule has 0 atom stereocenters. The number of nitrogens with zero attached hydrogens (tertiary/aromatic N) is 3. The maximum absolute atomic E-state index is 13.6. The second-order valence-electron chi connectivity index (χ2n) is 8.74. The van der Waals surface area contributed by atoms with Crippen LogP contribution in [0.2, 0.25) is 0 Å². The third kappa shape index (κ3) is 4.19. The Balaban J connectivity index is 1.70. The Morgan fingerprint density at radius 1 is 0.889 bits per heavy atom. The smallest absolute Gasteiger partial charge is 0.295 e. The van der Waals surface area contributed by atoms with E-state index in [0.717, 1.165) is 22.6 Å². The van der Waals surface area contributed by atoms with Gasteiger partial charge in [-0.1, -0.05) is 18.2 Å². The van der Waals surface area contributed by atoms with Crippen molar-refractivity contribution >= 4 is 5.78 Å². The van der Waals surface area contributed by atoms with Crippen molar-refractivity contribution in [3.63, 3.8) is 0 Å². The first-order chi connectivity index (χ1) is 17.2. The Morgan fingerprint density at radius 3 is 2.08 bits per heavy atom. The van der Waals surface area contributed by atoms with Crippen LogP contribution in [0, 0.1) is 27.7 Å². The van der Waals surface area contributed by atoms with E-state index in [-0.39, 0.29) is 17.9 Å². The number of para-hydroxylation sites is 1. The molecule has 0 aliphatic carbocycles. The molecular formula is C28H31N3O5. The van der Waals surface area contributed by atoms with Crippen LogP contribution in [-0.2, 0) is 7.05 Å². The van der Waals surface area contributed by atoms with Gasteiger partial charge in [0.05, 0.1) is 25.6 Å². The van der Waals surface area contributed by atoms with E-state index in [2.05, 4.69) is 0 Å².